The molecule has 6 heteroatoms. The maximum atomic E-state index is 13.7. The van der Waals surface area contributed by atoms with Crippen molar-refractivity contribution in [1.82, 2.24) is 5.32 Å². The Balaban J connectivity index is 1.54. The van der Waals surface area contributed by atoms with Crippen LogP contribution in [0.5, 0.6) is 0 Å². The number of ketones is 1. The first kappa shape index (κ1) is 24.4. The molecule has 1 aliphatic carbocycles. The molecule has 2 atom stereocenters. The van der Waals surface area contributed by atoms with Gasteiger partial charge in [0.05, 0.1) is 5.57 Å². The van der Waals surface area contributed by atoms with Crippen LogP contribution in [0.1, 0.15) is 48.3 Å². The van der Waals surface area contributed by atoms with E-state index in [0.717, 1.165) is 16.8 Å². The molecule has 0 fully saturated rings. The summed E-state index contributed by atoms with van der Waals surface area (Å²) in [4.78, 5) is 27.2. The zero-order chi connectivity index (χ0) is 25.2. The van der Waals surface area contributed by atoms with E-state index in [0.29, 0.717) is 45.3 Å². The van der Waals surface area contributed by atoms with Crippen molar-refractivity contribution in [2.45, 2.75) is 38.2 Å². The van der Waals surface area contributed by atoms with Crippen LogP contribution in [0.4, 0.5) is 0 Å². The summed E-state index contributed by atoms with van der Waals surface area (Å²) in [6.07, 6.45) is 1.02. The number of hydrogen-bond acceptors (Lipinski definition) is 4. The average molecular weight is 518 g/mol. The molecule has 2 aliphatic rings. The van der Waals surface area contributed by atoms with E-state index < -0.39 is 11.9 Å². The summed E-state index contributed by atoms with van der Waals surface area (Å²) in [5.41, 5.74) is 5.11. The minimum absolute atomic E-state index is 0.00511. The third-order valence-electron chi connectivity index (χ3n) is 6.80. The fraction of sp³-hybridized carbons (Fsp3) is 0.200. The van der Waals surface area contributed by atoms with E-state index in [1.807, 2.05) is 55.5 Å². The van der Waals surface area contributed by atoms with Gasteiger partial charge in [-0.1, -0.05) is 89.9 Å². The Morgan fingerprint density at radius 1 is 0.972 bits per heavy atom. The summed E-state index contributed by atoms with van der Waals surface area (Å²) in [6, 6.07) is 24.7. The average Bonchev–Trinajstić information content (AvgIpc) is 2.87. The number of allylic oxidation sites excluding steroid dienone is 3. The highest BCUT2D eigenvalue weighted by Gasteiger charge is 2.42. The second-order valence-electron chi connectivity index (χ2n) is 9.16. The van der Waals surface area contributed by atoms with Crippen molar-refractivity contribution >= 4 is 35.0 Å². The smallest absolute Gasteiger partial charge is 0.337 e. The Labute approximate surface area is 220 Å². The predicted molar refractivity (Wildman–Crippen MR) is 142 cm³/mol. The number of Topliss-reactive ketones (excluding diaryl/α,β-unsaturated/α-hetero) is 1. The molecule has 5 rings (SSSR count). The number of dihydropyridines is 1. The Bertz CT molecular complexity index is 1380. The second kappa shape index (κ2) is 10.3. The molecule has 0 saturated carbocycles. The number of carbonyl (C=O) groups excluding carboxylic acids is 2. The number of esters is 1. The minimum Gasteiger partial charge on any atom is -0.457 e. The third-order valence-corrected chi connectivity index (χ3v) is 7.37. The lowest BCUT2D eigenvalue weighted by Gasteiger charge is -2.37. The molecule has 1 heterocycles. The number of hydrogen-bond donors (Lipinski definition) is 1. The number of rotatable bonds is 5. The van der Waals surface area contributed by atoms with Gasteiger partial charge in [-0.3, -0.25) is 4.79 Å². The third kappa shape index (κ3) is 4.84. The molecule has 0 unspecified atom stereocenters. The molecule has 1 aliphatic heterocycles. The standard InChI is InChI=1S/C30H25Cl2NO3/c1-18-27(30(35)36-17-19-8-4-2-5-9-19)28(23-13-12-22(31)16-24(23)32)29-25(33-18)14-21(15-26(29)34)20-10-6-3-7-11-20/h2-13,16,21,28,33H,14-15,17H2,1H3/t21-,28-/m1/s1. The van der Waals surface area contributed by atoms with Crippen LogP contribution in [0, 0.1) is 0 Å². The zero-order valence-corrected chi connectivity index (χ0v) is 21.3. The van der Waals surface area contributed by atoms with Crippen molar-refractivity contribution in [3.63, 3.8) is 0 Å². The highest BCUT2D eigenvalue weighted by molar-refractivity contribution is 6.35. The van der Waals surface area contributed by atoms with Crippen LogP contribution in [0.15, 0.2) is 101 Å². The Kier molecular flexibility index (Phi) is 6.99. The van der Waals surface area contributed by atoms with Crippen LogP contribution in [0.25, 0.3) is 0 Å². The lowest BCUT2D eigenvalue weighted by atomic mass is 9.71. The summed E-state index contributed by atoms with van der Waals surface area (Å²) < 4.78 is 5.72. The van der Waals surface area contributed by atoms with Crippen molar-refractivity contribution in [2.75, 3.05) is 0 Å². The summed E-state index contributed by atoms with van der Waals surface area (Å²) >= 11 is 12.8. The van der Waals surface area contributed by atoms with E-state index in [4.69, 9.17) is 27.9 Å². The van der Waals surface area contributed by atoms with Gasteiger partial charge in [0.1, 0.15) is 6.61 Å². The van der Waals surface area contributed by atoms with Gasteiger partial charge in [0, 0.05) is 39.4 Å². The highest BCUT2D eigenvalue weighted by atomic mass is 35.5. The van der Waals surface area contributed by atoms with Crippen molar-refractivity contribution in [3.05, 3.63) is 128 Å². The number of benzene rings is 3. The monoisotopic (exact) mass is 517 g/mol. The van der Waals surface area contributed by atoms with Gasteiger partial charge >= 0.3 is 5.97 Å². The SMILES string of the molecule is CC1=C(C(=O)OCc2ccccc2)[C@@H](c2ccc(Cl)cc2Cl)C2=C(C[C@@H](c3ccccc3)CC2=O)N1. The molecule has 0 aromatic heterocycles. The molecule has 182 valence electrons. The van der Waals surface area contributed by atoms with Crippen molar-refractivity contribution in [3.8, 4) is 0 Å². The van der Waals surface area contributed by atoms with Crippen LogP contribution >= 0.6 is 23.2 Å². The maximum Gasteiger partial charge on any atom is 0.337 e. The molecule has 3 aromatic rings. The van der Waals surface area contributed by atoms with Gasteiger partial charge in [0.25, 0.3) is 0 Å². The van der Waals surface area contributed by atoms with Gasteiger partial charge in [-0.05, 0) is 48.1 Å². The van der Waals surface area contributed by atoms with Crippen LogP contribution in [0.2, 0.25) is 10.0 Å². The molecule has 0 saturated heterocycles. The molecule has 3 aromatic carbocycles. The van der Waals surface area contributed by atoms with E-state index in [9.17, 15) is 9.59 Å². The van der Waals surface area contributed by atoms with Gasteiger partial charge in [-0.25, -0.2) is 4.79 Å². The van der Waals surface area contributed by atoms with Crippen LogP contribution in [-0.4, -0.2) is 11.8 Å². The first-order chi connectivity index (χ1) is 17.4. The van der Waals surface area contributed by atoms with Gasteiger partial charge in [-0.2, -0.15) is 0 Å². The van der Waals surface area contributed by atoms with E-state index in [-0.39, 0.29) is 18.3 Å². The topological polar surface area (TPSA) is 55.4 Å². The first-order valence-electron chi connectivity index (χ1n) is 11.9. The Morgan fingerprint density at radius 2 is 1.67 bits per heavy atom. The van der Waals surface area contributed by atoms with Crippen LogP contribution in [0.3, 0.4) is 0 Å². The fourth-order valence-corrected chi connectivity index (χ4v) is 5.64. The summed E-state index contributed by atoms with van der Waals surface area (Å²) in [5, 5.41) is 4.27. The van der Waals surface area contributed by atoms with Gasteiger partial charge in [-0.15, -0.1) is 0 Å². The van der Waals surface area contributed by atoms with Crippen molar-refractivity contribution < 1.29 is 14.3 Å². The Morgan fingerprint density at radius 3 is 2.36 bits per heavy atom. The summed E-state index contributed by atoms with van der Waals surface area (Å²) in [7, 11) is 0. The van der Waals surface area contributed by atoms with Crippen molar-refractivity contribution in [2.24, 2.45) is 0 Å². The molecule has 0 spiro atoms. The largest absolute Gasteiger partial charge is 0.457 e. The first-order valence-corrected chi connectivity index (χ1v) is 12.6. The quantitative estimate of drug-likeness (QED) is 0.366. The minimum atomic E-state index is -0.640. The van der Waals surface area contributed by atoms with E-state index in [1.54, 1.807) is 18.2 Å². The molecular weight excluding hydrogens is 493 g/mol. The Hall–Kier alpha value is -3.34. The van der Waals surface area contributed by atoms with Crippen molar-refractivity contribution in [1.29, 1.82) is 0 Å². The van der Waals surface area contributed by atoms with Crippen LogP contribution < -0.4 is 5.32 Å². The normalized spacial score (nSPS) is 19.6. The molecule has 0 bridgehead atoms. The zero-order valence-electron chi connectivity index (χ0n) is 19.8. The number of nitrogens with one attached hydrogen (secondary N) is 1. The molecule has 4 nitrogen and oxygen atoms in total. The summed E-state index contributed by atoms with van der Waals surface area (Å²) in [5.74, 6) is -1.07. The highest BCUT2D eigenvalue weighted by Crippen LogP contribution is 2.47. The maximum absolute atomic E-state index is 13.7. The fourth-order valence-electron chi connectivity index (χ4n) is 5.12. The lowest BCUT2D eigenvalue weighted by molar-refractivity contribution is -0.140. The molecular formula is C30H25Cl2NO3. The number of halogens is 2. The van der Waals surface area contributed by atoms with E-state index in [2.05, 4.69) is 17.4 Å². The van der Waals surface area contributed by atoms with E-state index >= 15 is 0 Å². The predicted octanol–water partition coefficient (Wildman–Crippen LogP) is 7.10. The molecule has 1 N–H and O–H groups in total. The molecule has 36 heavy (non-hydrogen) atoms. The number of ether oxygens (including phenoxy) is 1. The van der Waals surface area contributed by atoms with Crippen LogP contribution in [-0.2, 0) is 20.9 Å². The molecule has 0 amide bonds. The van der Waals surface area contributed by atoms with Gasteiger partial charge in [0.15, 0.2) is 5.78 Å². The van der Waals surface area contributed by atoms with Gasteiger partial charge in [0.2, 0.25) is 0 Å². The second-order valence-corrected chi connectivity index (χ2v) is 10.00. The molecule has 0 radical (unpaired) electrons. The van der Waals surface area contributed by atoms with E-state index in [1.165, 1.54) is 0 Å². The lowest BCUT2D eigenvalue weighted by Crippen LogP contribution is -2.36. The number of carbonyl (C=O) groups is 2. The van der Waals surface area contributed by atoms with Gasteiger partial charge < -0.3 is 10.1 Å². The summed E-state index contributed by atoms with van der Waals surface area (Å²) in [6.45, 7) is 1.98.